The maximum Gasteiger partial charge on any atom is 0.162 e. The molecule has 0 aliphatic carbocycles. The third kappa shape index (κ3) is 3.85. The molecule has 2 aromatic carbocycles. The Hall–Kier alpha value is -2.29. The fraction of sp³-hybridized carbons (Fsp3) is 0.278. The molecule has 0 radical (unpaired) electrons. The lowest BCUT2D eigenvalue weighted by Gasteiger charge is -2.11. The van der Waals surface area contributed by atoms with Crippen LogP contribution in [0.3, 0.4) is 0 Å². The van der Waals surface area contributed by atoms with Gasteiger partial charge in [-0.05, 0) is 42.7 Å². The minimum absolute atomic E-state index is 0.120. The molecule has 0 amide bonds. The first-order valence-corrected chi connectivity index (χ1v) is 7.22. The van der Waals surface area contributed by atoms with Crippen LogP contribution in [-0.2, 0) is 6.61 Å². The smallest absolute Gasteiger partial charge is 0.162 e. The second kappa shape index (κ2) is 6.93. The van der Waals surface area contributed by atoms with Gasteiger partial charge >= 0.3 is 0 Å². The summed E-state index contributed by atoms with van der Waals surface area (Å²) >= 11 is 0. The largest absolute Gasteiger partial charge is 0.487 e. The molecular formula is C18H21NO2. The lowest BCUT2D eigenvalue weighted by atomic mass is 10.1. The van der Waals surface area contributed by atoms with E-state index in [1.165, 1.54) is 5.56 Å². The highest BCUT2D eigenvalue weighted by atomic mass is 16.5. The van der Waals surface area contributed by atoms with E-state index < -0.39 is 0 Å². The van der Waals surface area contributed by atoms with Crippen LogP contribution >= 0.6 is 0 Å². The van der Waals surface area contributed by atoms with Crippen LogP contribution in [0.25, 0.3) is 0 Å². The van der Waals surface area contributed by atoms with Gasteiger partial charge in [-0.3, -0.25) is 4.79 Å². The Bertz CT molecular complexity index is 635. The average Bonchev–Trinajstić information content (AvgIpc) is 2.47. The van der Waals surface area contributed by atoms with Gasteiger partial charge in [-0.2, -0.15) is 0 Å². The van der Waals surface area contributed by atoms with Crippen molar-refractivity contribution in [3.63, 3.8) is 0 Å². The van der Waals surface area contributed by atoms with Crippen molar-refractivity contribution in [2.45, 2.75) is 33.3 Å². The molecule has 2 N–H and O–H groups in total. The minimum atomic E-state index is 0.120. The van der Waals surface area contributed by atoms with Crippen LogP contribution in [0.1, 0.15) is 41.3 Å². The van der Waals surface area contributed by atoms with Crippen LogP contribution in [0.15, 0.2) is 42.5 Å². The van der Waals surface area contributed by atoms with E-state index in [0.29, 0.717) is 30.0 Å². The quantitative estimate of drug-likeness (QED) is 0.640. The van der Waals surface area contributed by atoms with Crippen molar-refractivity contribution in [2.24, 2.45) is 0 Å². The van der Waals surface area contributed by atoms with Crippen molar-refractivity contribution in [1.29, 1.82) is 0 Å². The van der Waals surface area contributed by atoms with Gasteiger partial charge in [0.15, 0.2) is 5.78 Å². The van der Waals surface area contributed by atoms with E-state index in [9.17, 15) is 4.79 Å². The van der Waals surface area contributed by atoms with Crippen LogP contribution in [0.5, 0.6) is 5.75 Å². The molecule has 0 atom stereocenters. The Kier molecular flexibility index (Phi) is 4.99. The molecule has 2 rings (SSSR count). The predicted octanol–water partition coefficient (Wildman–Crippen LogP) is 4.14. The van der Waals surface area contributed by atoms with Gasteiger partial charge in [0.05, 0.1) is 5.69 Å². The van der Waals surface area contributed by atoms with Crippen LogP contribution in [0.2, 0.25) is 0 Å². The third-order valence-electron chi connectivity index (χ3n) is 3.45. The van der Waals surface area contributed by atoms with Crippen LogP contribution in [0, 0.1) is 6.92 Å². The highest BCUT2D eigenvalue weighted by Crippen LogP contribution is 2.24. The molecular weight excluding hydrogens is 262 g/mol. The highest BCUT2D eigenvalue weighted by molar-refractivity contribution is 5.97. The fourth-order valence-corrected chi connectivity index (χ4v) is 2.15. The summed E-state index contributed by atoms with van der Waals surface area (Å²) in [4.78, 5) is 11.8. The number of aryl methyl sites for hydroxylation is 1. The third-order valence-corrected chi connectivity index (χ3v) is 3.45. The molecule has 0 bridgehead atoms. The number of carbonyl (C=O) groups excluding carboxylic acids is 1. The summed E-state index contributed by atoms with van der Waals surface area (Å²) in [6, 6.07) is 13.3. The maximum atomic E-state index is 11.8. The molecule has 0 unspecified atom stereocenters. The number of benzene rings is 2. The Morgan fingerprint density at radius 1 is 1.19 bits per heavy atom. The van der Waals surface area contributed by atoms with Gasteiger partial charge in [0.25, 0.3) is 0 Å². The van der Waals surface area contributed by atoms with E-state index in [4.69, 9.17) is 10.5 Å². The van der Waals surface area contributed by atoms with Crippen molar-refractivity contribution in [1.82, 2.24) is 0 Å². The van der Waals surface area contributed by atoms with Crippen molar-refractivity contribution < 1.29 is 9.53 Å². The van der Waals surface area contributed by atoms with Crippen molar-refractivity contribution in [3.05, 3.63) is 59.2 Å². The van der Waals surface area contributed by atoms with Gasteiger partial charge in [0, 0.05) is 12.0 Å². The molecule has 0 aliphatic heterocycles. The second-order valence-electron chi connectivity index (χ2n) is 5.14. The van der Waals surface area contributed by atoms with Crippen LogP contribution in [0.4, 0.5) is 5.69 Å². The van der Waals surface area contributed by atoms with E-state index in [1.54, 1.807) is 18.2 Å². The molecule has 21 heavy (non-hydrogen) atoms. The van der Waals surface area contributed by atoms with E-state index in [1.807, 2.05) is 25.1 Å². The number of nitrogens with two attached hydrogens (primary N) is 1. The first kappa shape index (κ1) is 15.1. The fourth-order valence-electron chi connectivity index (χ4n) is 2.15. The first-order valence-electron chi connectivity index (χ1n) is 7.22. The summed E-state index contributed by atoms with van der Waals surface area (Å²) in [5.74, 6) is 0.737. The van der Waals surface area contributed by atoms with E-state index >= 15 is 0 Å². The number of carbonyl (C=O) groups is 1. The monoisotopic (exact) mass is 283 g/mol. The summed E-state index contributed by atoms with van der Waals surface area (Å²) in [5, 5.41) is 0. The van der Waals surface area contributed by atoms with Gasteiger partial charge in [-0.25, -0.2) is 0 Å². The number of Topliss-reactive ketones (excluding diaryl/α,β-unsaturated/α-hetero) is 1. The zero-order valence-corrected chi connectivity index (χ0v) is 12.6. The normalized spacial score (nSPS) is 10.4. The van der Waals surface area contributed by atoms with E-state index in [0.717, 1.165) is 12.0 Å². The molecule has 110 valence electrons. The Morgan fingerprint density at radius 3 is 2.62 bits per heavy atom. The van der Waals surface area contributed by atoms with Crippen molar-refractivity contribution >= 4 is 11.5 Å². The van der Waals surface area contributed by atoms with Crippen LogP contribution in [-0.4, -0.2) is 5.78 Å². The minimum Gasteiger partial charge on any atom is -0.487 e. The lowest BCUT2D eigenvalue weighted by Crippen LogP contribution is -2.03. The Morgan fingerprint density at radius 2 is 1.95 bits per heavy atom. The number of hydrogen-bond acceptors (Lipinski definition) is 3. The molecule has 2 aromatic rings. The van der Waals surface area contributed by atoms with Gasteiger partial charge < -0.3 is 10.5 Å². The highest BCUT2D eigenvalue weighted by Gasteiger charge is 2.08. The number of ether oxygens (including phenoxy) is 1. The molecule has 0 heterocycles. The zero-order chi connectivity index (χ0) is 15.2. The van der Waals surface area contributed by atoms with Gasteiger partial charge in [-0.1, -0.05) is 31.2 Å². The maximum absolute atomic E-state index is 11.8. The molecule has 0 fully saturated rings. The molecule has 0 spiro atoms. The number of nitrogen functional groups attached to an aromatic ring is 1. The standard InChI is InChI=1S/C18H21NO2/c1-3-6-17(20)14-9-10-18(16(19)11-14)21-12-15-8-5-4-7-13(15)2/h4-5,7-11H,3,6,12,19H2,1-2H3. The number of anilines is 1. The Balaban J connectivity index is 2.08. The molecule has 0 saturated heterocycles. The number of hydrogen-bond donors (Lipinski definition) is 1. The van der Waals surface area contributed by atoms with Gasteiger partial charge in [0.1, 0.15) is 12.4 Å². The van der Waals surface area contributed by atoms with Gasteiger partial charge in [-0.15, -0.1) is 0 Å². The summed E-state index contributed by atoms with van der Waals surface area (Å²) in [6.45, 7) is 4.51. The Labute approximate surface area is 125 Å². The summed E-state index contributed by atoms with van der Waals surface area (Å²) in [7, 11) is 0. The molecule has 0 saturated carbocycles. The van der Waals surface area contributed by atoms with Gasteiger partial charge in [0.2, 0.25) is 0 Å². The van der Waals surface area contributed by atoms with Crippen LogP contribution < -0.4 is 10.5 Å². The summed E-state index contributed by atoms with van der Waals surface area (Å²) < 4.78 is 5.76. The lowest BCUT2D eigenvalue weighted by molar-refractivity contribution is 0.0981. The molecule has 0 aromatic heterocycles. The van der Waals surface area contributed by atoms with E-state index in [-0.39, 0.29) is 5.78 Å². The summed E-state index contributed by atoms with van der Waals surface area (Å²) in [5.41, 5.74) is 9.45. The predicted molar refractivity (Wildman–Crippen MR) is 85.6 cm³/mol. The second-order valence-corrected chi connectivity index (χ2v) is 5.14. The van der Waals surface area contributed by atoms with Crippen molar-refractivity contribution in [3.8, 4) is 5.75 Å². The molecule has 3 heteroatoms. The number of ketones is 1. The van der Waals surface area contributed by atoms with Crippen molar-refractivity contribution in [2.75, 3.05) is 5.73 Å². The molecule has 3 nitrogen and oxygen atoms in total. The summed E-state index contributed by atoms with van der Waals surface area (Å²) in [6.07, 6.45) is 1.38. The van der Waals surface area contributed by atoms with E-state index in [2.05, 4.69) is 13.0 Å². The molecule has 0 aliphatic rings. The first-order chi connectivity index (χ1) is 10.1. The average molecular weight is 283 g/mol. The SMILES string of the molecule is CCCC(=O)c1ccc(OCc2ccccc2C)c(N)c1. The zero-order valence-electron chi connectivity index (χ0n) is 12.6. The topological polar surface area (TPSA) is 52.3 Å². The number of rotatable bonds is 6.